The summed E-state index contributed by atoms with van der Waals surface area (Å²) in [6.07, 6.45) is 2.84. The van der Waals surface area contributed by atoms with Crippen LogP contribution in [0.5, 0.6) is 0 Å². The number of amides is 2. The number of nitrogens with zero attached hydrogens (tertiary/aromatic N) is 1. The smallest absolute Gasteiger partial charge is 0.317 e. The van der Waals surface area contributed by atoms with Crippen LogP contribution < -0.4 is 5.32 Å². The lowest BCUT2D eigenvalue weighted by atomic mass is 10.1. The molecule has 21 heavy (non-hydrogen) atoms. The van der Waals surface area contributed by atoms with Crippen LogP contribution in [0.4, 0.5) is 4.79 Å². The van der Waals surface area contributed by atoms with Crippen molar-refractivity contribution in [3.05, 3.63) is 29.8 Å². The molecule has 1 rings (SSSR count). The topological polar surface area (TPSA) is 52.6 Å². The minimum atomic E-state index is -0.0448. The van der Waals surface area contributed by atoms with Gasteiger partial charge in [-0.25, -0.2) is 4.79 Å². The van der Waals surface area contributed by atoms with Gasteiger partial charge >= 0.3 is 6.03 Å². The fourth-order valence-electron chi connectivity index (χ4n) is 1.91. The summed E-state index contributed by atoms with van der Waals surface area (Å²) in [5.74, 6) is 0.222. The molecule has 0 spiro atoms. The molecule has 0 heterocycles. The predicted octanol–water partition coefficient (Wildman–Crippen LogP) is 2.96. The Bertz CT molecular complexity index is 423. The fraction of sp³-hybridized carbons (Fsp3) is 0.562. The van der Waals surface area contributed by atoms with E-state index in [0.717, 1.165) is 12.0 Å². The maximum atomic E-state index is 12.1. The highest BCUT2D eigenvalue weighted by molar-refractivity contribution is 7.98. The van der Waals surface area contributed by atoms with E-state index in [1.54, 1.807) is 16.7 Å². The Labute approximate surface area is 131 Å². The lowest BCUT2D eigenvalue weighted by molar-refractivity contribution is 0.194. The number of carbonyl (C=O) groups excluding carboxylic acids is 1. The molecular formula is C16H26N2O2S. The van der Waals surface area contributed by atoms with E-state index in [9.17, 15) is 4.79 Å². The molecule has 5 heteroatoms. The third-order valence-electron chi connectivity index (χ3n) is 3.43. The van der Waals surface area contributed by atoms with Gasteiger partial charge < -0.3 is 15.3 Å². The Kier molecular flexibility index (Phi) is 8.23. The van der Waals surface area contributed by atoms with Crippen LogP contribution in [0.1, 0.15) is 25.8 Å². The summed E-state index contributed by atoms with van der Waals surface area (Å²) in [4.78, 5) is 15.1. The second kappa shape index (κ2) is 9.68. The third-order valence-corrected chi connectivity index (χ3v) is 4.17. The molecule has 1 aromatic carbocycles. The molecular weight excluding hydrogens is 284 g/mol. The molecule has 0 fully saturated rings. The van der Waals surface area contributed by atoms with Crippen molar-refractivity contribution in [2.75, 3.05) is 26.0 Å². The number of urea groups is 1. The normalized spacial score (nSPS) is 12.0. The summed E-state index contributed by atoms with van der Waals surface area (Å²) in [5.41, 5.74) is 1.13. The highest BCUT2D eigenvalue weighted by Crippen LogP contribution is 2.15. The van der Waals surface area contributed by atoms with E-state index < -0.39 is 0 Å². The molecule has 1 atom stereocenters. The second-order valence-corrected chi connectivity index (χ2v) is 6.05. The van der Waals surface area contributed by atoms with Gasteiger partial charge in [-0.05, 0) is 43.2 Å². The Balaban J connectivity index is 2.47. The van der Waals surface area contributed by atoms with Crippen molar-refractivity contribution in [1.29, 1.82) is 0 Å². The van der Waals surface area contributed by atoms with Crippen LogP contribution in [0.3, 0.4) is 0 Å². The molecule has 0 aliphatic carbocycles. The number of hydrogen-bond acceptors (Lipinski definition) is 3. The summed E-state index contributed by atoms with van der Waals surface area (Å²) in [6.45, 7) is 6.00. The number of aliphatic hydroxyl groups is 1. The van der Waals surface area contributed by atoms with Gasteiger partial charge in [-0.2, -0.15) is 0 Å². The summed E-state index contributed by atoms with van der Waals surface area (Å²) in [5, 5.41) is 11.9. The molecule has 4 nitrogen and oxygen atoms in total. The quantitative estimate of drug-likeness (QED) is 0.726. The van der Waals surface area contributed by atoms with E-state index >= 15 is 0 Å². The SMILES string of the molecule is CCN(Cc1ccc(SC)cc1)C(=O)NCC[C@H](C)CO. The monoisotopic (exact) mass is 310 g/mol. The first-order valence-electron chi connectivity index (χ1n) is 7.37. The van der Waals surface area contributed by atoms with Gasteiger partial charge in [-0.3, -0.25) is 0 Å². The van der Waals surface area contributed by atoms with Crippen molar-refractivity contribution < 1.29 is 9.90 Å². The summed E-state index contributed by atoms with van der Waals surface area (Å²) in [7, 11) is 0. The van der Waals surface area contributed by atoms with E-state index in [-0.39, 0.29) is 18.6 Å². The van der Waals surface area contributed by atoms with Crippen LogP contribution in [0.2, 0.25) is 0 Å². The minimum absolute atomic E-state index is 0.0448. The fourth-order valence-corrected chi connectivity index (χ4v) is 2.32. The lowest BCUT2D eigenvalue weighted by Gasteiger charge is -2.22. The van der Waals surface area contributed by atoms with Crippen LogP contribution in [-0.2, 0) is 6.54 Å². The Morgan fingerprint density at radius 3 is 2.57 bits per heavy atom. The zero-order valence-corrected chi connectivity index (χ0v) is 13.9. The molecule has 0 aliphatic heterocycles. The maximum absolute atomic E-state index is 12.1. The summed E-state index contributed by atoms with van der Waals surface area (Å²) in [6, 6.07) is 8.24. The molecule has 2 amide bonds. The number of nitrogens with one attached hydrogen (secondary N) is 1. The summed E-state index contributed by atoms with van der Waals surface area (Å²) < 4.78 is 0. The highest BCUT2D eigenvalue weighted by atomic mass is 32.2. The lowest BCUT2D eigenvalue weighted by Crippen LogP contribution is -2.40. The van der Waals surface area contributed by atoms with Gasteiger partial charge in [-0.15, -0.1) is 11.8 Å². The maximum Gasteiger partial charge on any atom is 0.317 e. The molecule has 0 unspecified atom stereocenters. The van der Waals surface area contributed by atoms with Crippen LogP contribution in [-0.4, -0.2) is 42.0 Å². The second-order valence-electron chi connectivity index (χ2n) is 5.17. The van der Waals surface area contributed by atoms with Gasteiger partial charge in [0.15, 0.2) is 0 Å². The molecule has 0 aliphatic rings. The van der Waals surface area contributed by atoms with Crippen LogP contribution in [0.15, 0.2) is 29.2 Å². The van der Waals surface area contributed by atoms with Gasteiger partial charge in [0.25, 0.3) is 0 Å². The van der Waals surface area contributed by atoms with Crippen LogP contribution >= 0.6 is 11.8 Å². The van der Waals surface area contributed by atoms with Crippen LogP contribution in [0, 0.1) is 5.92 Å². The van der Waals surface area contributed by atoms with E-state index in [1.807, 2.05) is 20.1 Å². The first kappa shape index (κ1) is 17.9. The minimum Gasteiger partial charge on any atom is -0.396 e. The molecule has 0 saturated heterocycles. The van der Waals surface area contributed by atoms with Gasteiger partial charge in [-0.1, -0.05) is 19.1 Å². The van der Waals surface area contributed by atoms with Crippen molar-refractivity contribution in [3.8, 4) is 0 Å². The Hall–Kier alpha value is -1.20. The predicted molar refractivity (Wildman–Crippen MR) is 88.6 cm³/mol. The first-order chi connectivity index (χ1) is 10.1. The molecule has 0 aromatic heterocycles. The van der Waals surface area contributed by atoms with Crippen molar-refractivity contribution in [2.24, 2.45) is 5.92 Å². The van der Waals surface area contributed by atoms with Crippen molar-refractivity contribution in [1.82, 2.24) is 10.2 Å². The first-order valence-corrected chi connectivity index (χ1v) is 8.59. The zero-order valence-electron chi connectivity index (χ0n) is 13.1. The number of benzene rings is 1. The highest BCUT2D eigenvalue weighted by Gasteiger charge is 2.12. The molecule has 1 aromatic rings. The Morgan fingerprint density at radius 1 is 1.38 bits per heavy atom. The van der Waals surface area contributed by atoms with Gasteiger partial charge in [0.05, 0.1) is 0 Å². The van der Waals surface area contributed by atoms with Crippen molar-refractivity contribution >= 4 is 17.8 Å². The van der Waals surface area contributed by atoms with Crippen molar-refractivity contribution in [2.45, 2.75) is 31.7 Å². The number of hydrogen-bond donors (Lipinski definition) is 2. The number of rotatable bonds is 8. The van der Waals surface area contributed by atoms with Gasteiger partial charge in [0.1, 0.15) is 0 Å². The standard InChI is InChI=1S/C16H26N2O2S/c1-4-18(16(20)17-10-9-13(2)12-19)11-14-5-7-15(21-3)8-6-14/h5-8,13,19H,4,9-12H2,1-3H3,(H,17,20)/t13-/m0/s1. The molecule has 0 bridgehead atoms. The summed E-state index contributed by atoms with van der Waals surface area (Å²) >= 11 is 1.71. The molecule has 2 N–H and O–H groups in total. The molecule has 0 radical (unpaired) electrons. The van der Waals surface area contributed by atoms with E-state index in [1.165, 1.54) is 4.90 Å². The number of thioether (sulfide) groups is 1. The molecule has 0 saturated carbocycles. The van der Waals surface area contributed by atoms with E-state index in [4.69, 9.17) is 5.11 Å². The Morgan fingerprint density at radius 2 is 2.05 bits per heavy atom. The van der Waals surface area contributed by atoms with Crippen LogP contribution in [0.25, 0.3) is 0 Å². The van der Waals surface area contributed by atoms with E-state index in [0.29, 0.717) is 19.6 Å². The largest absolute Gasteiger partial charge is 0.396 e. The van der Waals surface area contributed by atoms with Gasteiger partial charge in [0, 0.05) is 31.1 Å². The average Bonchev–Trinajstić information content (AvgIpc) is 2.52. The zero-order chi connectivity index (χ0) is 15.7. The van der Waals surface area contributed by atoms with E-state index in [2.05, 4.69) is 29.6 Å². The molecule has 118 valence electrons. The third kappa shape index (κ3) is 6.40. The van der Waals surface area contributed by atoms with Gasteiger partial charge in [0.2, 0.25) is 0 Å². The number of aliphatic hydroxyl groups excluding tert-OH is 1. The van der Waals surface area contributed by atoms with Crippen molar-refractivity contribution in [3.63, 3.8) is 0 Å². The number of carbonyl (C=O) groups is 1. The average molecular weight is 310 g/mol.